The minimum atomic E-state index is -1.22. The van der Waals surface area contributed by atoms with E-state index in [2.05, 4.69) is 10.4 Å². The average molecular weight is 399 g/mol. The number of carbonyl (C=O) groups excluding carboxylic acids is 2. The molecule has 1 aromatic heterocycles. The van der Waals surface area contributed by atoms with E-state index in [0.717, 1.165) is 10.7 Å². The molecule has 0 aliphatic carbocycles. The van der Waals surface area contributed by atoms with Crippen molar-refractivity contribution in [3.05, 3.63) is 50.5 Å². The Morgan fingerprint density at radius 2 is 2.11 bits per heavy atom. The quantitative estimate of drug-likeness (QED) is 0.454. The van der Waals surface area contributed by atoms with Crippen LogP contribution in [0.15, 0.2) is 18.2 Å². The van der Waals surface area contributed by atoms with Crippen LogP contribution in [0.3, 0.4) is 0 Å². The lowest BCUT2D eigenvalue weighted by Crippen LogP contribution is -2.31. The molecule has 0 aliphatic rings. The second kappa shape index (κ2) is 8.12. The normalized spacial score (nSPS) is 11.7. The summed E-state index contributed by atoms with van der Waals surface area (Å²) >= 11 is 5.63. The highest BCUT2D eigenvalue weighted by Gasteiger charge is 2.25. The second-order valence-corrected chi connectivity index (χ2v) is 6.12. The molecule has 1 atom stereocenters. The summed E-state index contributed by atoms with van der Waals surface area (Å²) in [6.45, 7) is 3.80. The standard InChI is InChI=1S/C16H16ClFN4O5/c1-8-15(22(25)26)9(2)21(20-8)7-14(23)27-10(3)16(24)19-13-5-4-11(17)6-12(13)18/h4-6,10H,7H2,1-3H3,(H,19,24)/t10-/m0/s1. The predicted octanol–water partition coefficient (Wildman–Crippen LogP) is 2.77. The Bertz CT molecular complexity index is 914. The maximum atomic E-state index is 13.7. The topological polar surface area (TPSA) is 116 Å². The number of amides is 1. The van der Waals surface area contributed by atoms with Crippen LogP contribution in [0, 0.1) is 29.8 Å². The van der Waals surface area contributed by atoms with Crippen molar-refractivity contribution >= 4 is 34.9 Å². The first-order chi connectivity index (χ1) is 12.6. The van der Waals surface area contributed by atoms with Gasteiger partial charge in [0.2, 0.25) is 0 Å². The number of aromatic nitrogens is 2. The smallest absolute Gasteiger partial charge is 0.328 e. The fourth-order valence-corrected chi connectivity index (χ4v) is 2.50. The number of nitrogens with zero attached hydrogens (tertiary/aromatic N) is 3. The molecule has 1 N–H and O–H groups in total. The van der Waals surface area contributed by atoms with Gasteiger partial charge in [0, 0.05) is 5.02 Å². The number of nitrogens with one attached hydrogen (secondary N) is 1. The van der Waals surface area contributed by atoms with Gasteiger partial charge in [0.25, 0.3) is 5.91 Å². The van der Waals surface area contributed by atoms with Gasteiger partial charge in [-0.05, 0) is 39.0 Å². The number of aryl methyl sites for hydroxylation is 1. The molecule has 0 radical (unpaired) electrons. The average Bonchev–Trinajstić information content (AvgIpc) is 2.83. The Kier molecular flexibility index (Phi) is 6.11. The molecule has 0 bridgehead atoms. The Balaban J connectivity index is 2.00. The van der Waals surface area contributed by atoms with Crippen molar-refractivity contribution in [3.63, 3.8) is 0 Å². The fourth-order valence-electron chi connectivity index (χ4n) is 2.34. The van der Waals surface area contributed by atoms with Gasteiger partial charge in [-0.3, -0.25) is 24.4 Å². The molecule has 0 saturated heterocycles. The van der Waals surface area contributed by atoms with Crippen molar-refractivity contribution in [1.82, 2.24) is 9.78 Å². The minimum Gasteiger partial charge on any atom is -0.451 e. The molecule has 9 nitrogen and oxygen atoms in total. The summed E-state index contributed by atoms with van der Waals surface area (Å²) in [4.78, 5) is 34.4. The predicted molar refractivity (Wildman–Crippen MR) is 93.9 cm³/mol. The zero-order chi connectivity index (χ0) is 20.3. The van der Waals surface area contributed by atoms with Gasteiger partial charge in [0.15, 0.2) is 6.10 Å². The number of hydrogen-bond acceptors (Lipinski definition) is 6. The van der Waals surface area contributed by atoms with Gasteiger partial charge in [0.1, 0.15) is 23.7 Å². The van der Waals surface area contributed by atoms with E-state index in [4.69, 9.17) is 16.3 Å². The van der Waals surface area contributed by atoms with Gasteiger partial charge in [0.05, 0.1) is 10.6 Å². The Morgan fingerprint density at radius 1 is 1.44 bits per heavy atom. The van der Waals surface area contributed by atoms with Crippen molar-refractivity contribution in [1.29, 1.82) is 0 Å². The van der Waals surface area contributed by atoms with Gasteiger partial charge in [-0.15, -0.1) is 0 Å². The minimum absolute atomic E-state index is 0.110. The first-order valence-corrected chi connectivity index (χ1v) is 8.11. The third-order valence-electron chi connectivity index (χ3n) is 3.67. The molecule has 0 aliphatic heterocycles. The zero-order valence-electron chi connectivity index (χ0n) is 14.7. The van der Waals surface area contributed by atoms with Gasteiger partial charge in [-0.2, -0.15) is 5.10 Å². The first-order valence-electron chi connectivity index (χ1n) is 7.74. The molecule has 144 valence electrons. The van der Waals surface area contributed by atoms with Gasteiger partial charge in [-0.25, -0.2) is 4.39 Å². The van der Waals surface area contributed by atoms with E-state index in [9.17, 15) is 24.1 Å². The van der Waals surface area contributed by atoms with Gasteiger partial charge in [-0.1, -0.05) is 11.6 Å². The number of anilines is 1. The summed E-state index contributed by atoms with van der Waals surface area (Å²) in [5, 5.41) is 17.4. The van der Waals surface area contributed by atoms with E-state index in [1.807, 2.05) is 0 Å². The maximum Gasteiger partial charge on any atom is 0.328 e. The number of ether oxygens (including phenoxy) is 1. The maximum absolute atomic E-state index is 13.7. The number of carbonyl (C=O) groups is 2. The fraction of sp³-hybridized carbons (Fsp3) is 0.312. The molecule has 1 aromatic carbocycles. The van der Waals surface area contributed by atoms with Crippen LogP contribution in [-0.4, -0.2) is 32.7 Å². The number of esters is 1. The highest BCUT2D eigenvalue weighted by molar-refractivity contribution is 6.30. The first kappa shape index (κ1) is 20.3. The molecular formula is C16H16ClFN4O5. The van der Waals surface area contributed by atoms with Crippen molar-refractivity contribution < 1.29 is 23.6 Å². The van der Waals surface area contributed by atoms with Crippen molar-refractivity contribution in [3.8, 4) is 0 Å². The van der Waals surface area contributed by atoms with Gasteiger partial charge >= 0.3 is 11.7 Å². The molecule has 2 rings (SSSR count). The molecule has 0 spiro atoms. The van der Waals surface area contributed by atoms with Crippen LogP contribution in [0.2, 0.25) is 5.02 Å². The molecule has 1 amide bonds. The van der Waals surface area contributed by atoms with Crippen molar-refractivity contribution in [2.45, 2.75) is 33.4 Å². The molecule has 0 fully saturated rings. The van der Waals surface area contributed by atoms with Gasteiger partial charge < -0.3 is 10.1 Å². The van der Waals surface area contributed by atoms with Crippen molar-refractivity contribution in [2.75, 3.05) is 5.32 Å². The van der Waals surface area contributed by atoms with E-state index in [1.54, 1.807) is 0 Å². The Hall–Kier alpha value is -3.01. The van der Waals surface area contributed by atoms with Crippen LogP contribution >= 0.6 is 11.6 Å². The second-order valence-electron chi connectivity index (χ2n) is 5.68. The monoisotopic (exact) mass is 398 g/mol. The summed E-state index contributed by atoms with van der Waals surface area (Å²) in [5.74, 6) is -2.30. The molecule has 1 heterocycles. The zero-order valence-corrected chi connectivity index (χ0v) is 15.4. The highest BCUT2D eigenvalue weighted by atomic mass is 35.5. The number of rotatable bonds is 6. The number of nitro groups is 1. The molecular weight excluding hydrogens is 383 g/mol. The van der Waals surface area contributed by atoms with E-state index >= 15 is 0 Å². The van der Waals surface area contributed by atoms with E-state index < -0.39 is 35.3 Å². The van der Waals surface area contributed by atoms with E-state index in [-0.39, 0.29) is 27.8 Å². The van der Waals surface area contributed by atoms with Crippen molar-refractivity contribution in [2.24, 2.45) is 0 Å². The van der Waals surface area contributed by atoms with Crippen LogP contribution < -0.4 is 5.32 Å². The molecule has 0 unspecified atom stereocenters. The number of benzene rings is 1. The largest absolute Gasteiger partial charge is 0.451 e. The summed E-state index contributed by atoms with van der Waals surface area (Å²) in [6, 6.07) is 3.70. The molecule has 0 saturated carbocycles. The van der Waals surface area contributed by atoms with E-state index in [1.165, 1.54) is 32.9 Å². The lowest BCUT2D eigenvalue weighted by atomic mass is 10.3. The van der Waals surface area contributed by atoms with Crippen LogP contribution in [0.25, 0.3) is 0 Å². The lowest BCUT2D eigenvalue weighted by molar-refractivity contribution is -0.386. The third-order valence-corrected chi connectivity index (χ3v) is 3.91. The molecule has 11 heteroatoms. The summed E-state index contributed by atoms with van der Waals surface area (Å²) in [6.07, 6.45) is -1.22. The van der Waals surface area contributed by atoms with Crippen LogP contribution in [0.4, 0.5) is 15.8 Å². The lowest BCUT2D eigenvalue weighted by Gasteiger charge is -2.14. The van der Waals surface area contributed by atoms with Crippen LogP contribution in [0.1, 0.15) is 18.3 Å². The number of halogens is 2. The van der Waals surface area contributed by atoms with E-state index in [0.29, 0.717) is 0 Å². The number of hydrogen-bond donors (Lipinski definition) is 1. The highest BCUT2D eigenvalue weighted by Crippen LogP contribution is 2.22. The van der Waals surface area contributed by atoms with Crippen LogP contribution in [-0.2, 0) is 20.9 Å². The summed E-state index contributed by atoms with van der Waals surface area (Å²) in [5.41, 5.74) is 0.0531. The summed E-state index contributed by atoms with van der Waals surface area (Å²) < 4.78 is 19.8. The SMILES string of the molecule is Cc1nn(CC(=O)O[C@@H](C)C(=O)Nc2ccc(Cl)cc2F)c(C)c1[N+](=O)[O-]. The third kappa shape index (κ3) is 4.79. The Morgan fingerprint density at radius 3 is 2.67 bits per heavy atom. The molecule has 2 aromatic rings. The van der Waals surface area contributed by atoms with Crippen LogP contribution in [0.5, 0.6) is 0 Å². The molecule has 27 heavy (non-hydrogen) atoms. The summed E-state index contributed by atoms with van der Waals surface area (Å²) in [7, 11) is 0. The Labute approximate surface area is 158 Å².